The molecule has 11 heteroatoms. The van der Waals surface area contributed by atoms with E-state index in [2.05, 4.69) is 15.0 Å². The van der Waals surface area contributed by atoms with Crippen LogP contribution >= 0.6 is 23.1 Å². The average molecular weight is 326 g/mol. The summed E-state index contributed by atoms with van der Waals surface area (Å²) in [5.74, 6) is 0.576. The third-order valence-electron chi connectivity index (χ3n) is 2.90. The van der Waals surface area contributed by atoms with Crippen LogP contribution in [0.15, 0.2) is 15.7 Å². The number of hydrogen-bond donors (Lipinski definition) is 1. The molecule has 110 valence electrons. The second-order valence-corrected chi connectivity index (χ2v) is 6.61. The van der Waals surface area contributed by atoms with Crippen LogP contribution in [0.4, 0.5) is 15.6 Å². The molecule has 0 spiro atoms. The minimum atomic E-state index is -0.476. The molecule has 0 radical (unpaired) electrons. The number of amides is 2. The van der Waals surface area contributed by atoms with E-state index in [0.29, 0.717) is 21.9 Å². The number of anilines is 1. The summed E-state index contributed by atoms with van der Waals surface area (Å²) in [6.45, 7) is 0.448. The number of urea groups is 1. The van der Waals surface area contributed by atoms with Gasteiger partial charge in [-0.05, 0) is 23.1 Å². The van der Waals surface area contributed by atoms with E-state index in [1.807, 2.05) is 0 Å². The van der Waals surface area contributed by atoms with Gasteiger partial charge in [0.1, 0.15) is 6.20 Å². The van der Waals surface area contributed by atoms with Crippen LogP contribution in [-0.2, 0) is 6.54 Å². The minimum absolute atomic E-state index is 0.0131. The van der Waals surface area contributed by atoms with Gasteiger partial charge in [-0.2, -0.15) is 0 Å². The zero-order valence-electron chi connectivity index (χ0n) is 11.1. The standard InChI is InChI=1S/C10H10N6O3S2/c1-14-4-5-7(15(2)10(14)17)13-8(12-5)21-9-11-3-6(20-9)16(18)19/h3H,4H2,1-2H3,(H,12,13). The molecule has 1 aliphatic heterocycles. The molecule has 2 aromatic rings. The van der Waals surface area contributed by atoms with E-state index in [1.54, 1.807) is 19.0 Å². The molecule has 0 unspecified atom stereocenters. The Balaban J connectivity index is 1.85. The molecule has 0 atom stereocenters. The van der Waals surface area contributed by atoms with E-state index in [0.717, 1.165) is 17.0 Å². The number of nitrogens with zero attached hydrogens (tertiary/aromatic N) is 5. The fourth-order valence-electron chi connectivity index (χ4n) is 1.93. The Kier molecular flexibility index (Phi) is 3.29. The van der Waals surface area contributed by atoms with Crippen LogP contribution in [0, 0.1) is 10.1 Å². The number of thiazole rings is 1. The molecule has 3 rings (SSSR count). The van der Waals surface area contributed by atoms with Gasteiger partial charge in [0.2, 0.25) is 0 Å². The third kappa shape index (κ3) is 2.45. The molecule has 0 fully saturated rings. The third-order valence-corrected chi connectivity index (χ3v) is 4.81. The van der Waals surface area contributed by atoms with Crippen LogP contribution in [0.2, 0.25) is 0 Å². The quantitative estimate of drug-likeness (QED) is 0.682. The molecule has 2 amide bonds. The van der Waals surface area contributed by atoms with Gasteiger partial charge in [-0.25, -0.2) is 14.8 Å². The number of hydrogen-bond acceptors (Lipinski definition) is 7. The molecule has 3 heterocycles. The predicted molar refractivity (Wildman–Crippen MR) is 76.7 cm³/mol. The topological polar surface area (TPSA) is 108 Å². The van der Waals surface area contributed by atoms with E-state index >= 15 is 0 Å². The maximum atomic E-state index is 11.8. The molecule has 0 saturated carbocycles. The lowest BCUT2D eigenvalue weighted by Gasteiger charge is -2.28. The van der Waals surface area contributed by atoms with E-state index < -0.39 is 4.92 Å². The molecular weight excluding hydrogens is 316 g/mol. The highest BCUT2D eigenvalue weighted by Crippen LogP contribution is 2.35. The zero-order chi connectivity index (χ0) is 15.1. The Bertz CT molecular complexity index is 726. The zero-order valence-corrected chi connectivity index (χ0v) is 12.7. The first-order valence-corrected chi connectivity index (χ1v) is 7.45. The van der Waals surface area contributed by atoms with E-state index in [1.165, 1.54) is 22.9 Å². The van der Waals surface area contributed by atoms with Crippen LogP contribution in [0.5, 0.6) is 0 Å². The van der Waals surface area contributed by atoms with Crippen molar-refractivity contribution in [3.05, 3.63) is 22.0 Å². The van der Waals surface area contributed by atoms with Crippen LogP contribution in [0.1, 0.15) is 5.69 Å². The summed E-state index contributed by atoms with van der Waals surface area (Å²) in [6.07, 6.45) is 1.22. The molecule has 21 heavy (non-hydrogen) atoms. The number of rotatable bonds is 3. The molecule has 0 saturated heterocycles. The number of imidazole rings is 1. The Morgan fingerprint density at radius 1 is 1.52 bits per heavy atom. The number of carbonyl (C=O) groups is 1. The maximum Gasteiger partial charge on any atom is 0.344 e. The summed E-state index contributed by atoms with van der Waals surface area (Å²) in [7, 11) is 3.36. The maximum absolute atomic E-state index is 11.8. The van der Waals surface area contributed by atoms with E-state index in [9.17, 15) is 14.9 Å². The summed E-state index contributed by atoms with van der Waals surface area (Å²) in [5, 5.41) is 11.2. The second-order valence-electron chi connectivity index (χ2n) is 4.37. The molecule has 1 N–H and O–H groups in total. The van der Waals surface area contributed by atoms with Gasteiger partial charge in [0, 0.05) is 14.1 Å². The largest absolute Gasteiger partial charge is 0.344 e. The molecule has 2 aromatic heterocycles. The van der Waals surface area contributed by atoms with E-state index in [4.69, 9.17) is 0 Å². The number of H-pyrrole nitrogens is 1. The van der Waals surface area contributed by atoms with Gasteiger partial charge < -0.3 is 9.88 Å². The Morgan fingerprint density at radius 2 is 2.29 bits per heavy atom. The predicted octanol–water partition coefficient (Wildman–Crippen LogP) is 1.93. The molecule has 0 aromatic carbocycles. The van der Waals surface area contributed by atoms with Gasteiger partial charge in [-0.3, -0.25) is 15.0 Å². The highest BCUT2D eigenvalue weighted by Gasteiger charge is 2.29. The number of fused-ring (bicyclic) bond motifs is 1. The second kappa shape index (κ2) is 5.00. The van der Waals surface area contributed by atoms with Crippen LogP contribution in [0.3, 0.4) is 0 Å². The summed E-state index contributed by atoms with van der Waals surface area (Å²) in [6, 6.07) is -0.129. The van der Waals surface area contributed by atoms with Gasteiger partial charge in [-0.15, -0.1) is 0 Å². The van der Waals surface area contributed by atoms with Gasteiger partial charge in [0.25, 0.3) is 0 Å². The Morgan fingerprint density at radius 3 is 2.95 bits per heavy atom. The summed E-state index contributed by atoms with van der Waals surface area (Å²) in [4.78, 5) is 36.5. The monoisotopic (exact) mass is 326 g/mol. The van der Waals surface area contributed by atoms with Crippen LogP contribution in [-0.4, -0.2) is 44.9 Å². The number of nitro groups is 1. The van der Waals surface area contributed by atoms with Crippen molar-refractivity contribution in [1.29, 1.82) is 0 Å². The fourth-order valence-corrected chi connectivity index (χ4v) is 3.63. The highest BCUT2D eigenvalue weighted by atomic mass is 32.2. The van der Waals surface area contributed by atoms with Crippen molar-refractivity contribution >= 4 is 39.9 Å². The fraction of sp³-hybridized carbons (Fsp3) is 0.300. The Hall–Kier alpha value is -2.14. The van der Waals surface area contributed by atoms with Crippen molar-refractivity contribution in [2.45, 2.75) is 16.0 Å². The Labute approximate surface area is 127 Å². The molecule has 9 nitrogen and oxygen atoms in total. The first-order valence-electron chi connectivity index (χ1n) is 5.81. The average Bonchev–Trinajstić information content (AvgIpc) is 3.03. The lowest BCUT2D eigenvalue weighted by Crippen LogP contribution is -2.42. The minimum Gasteiger partial charge on any atom is -0.333 e. The van der Waals surface area contributed by atoms with Crippen molar-refractivity contribution in [2.24, 2.45) is 0 Å². The number of nitrogens with one attached hydrogen (secondary N) is 1. The first-order chi connectivity index (χ1) is 9.95. The van der Waals surface area contributed by atoms with Gasteiger partial charge >= 0.3 is 11.0 Å². The van der Waals surface area contributed by atoms with Crippen molar-refractivity contribution in [2.75, 3.05) is 19.0 Å². The summed E-state index contributed by atoms with van der Waals surface area (Å²) < 4.78 is 0.523. The molecule has 1 aliphatic rings. The normalized spacial score (nSPS) is 14.5. The highest BCUT2D eigenvalue weighted by molar-refractivity contribution is 8.00. The number of carbonyl (C=O) groups excluding carboxylic acids is 1. The van der Waals surface area contributed by atoms with Crippen molar-refractivity contribution in [3.63, 3.8) is 0 Å². The summed E-state index contributed by atoms with van der Waals surface area (Å²) in [5.41, 5.74) is 0.827. The van der Waals surface area contributed by atoms with Crippen LogP contribution in [0.25, 0.3) is 0 Å². The number of aromatic nitrogens is 3. The lowest BCUT2D eigenvalue weighted by atomic mass is 10.3. The van der Waals surface area contributed by atoms with Crippen LogP contribution < -0.4 is 4.90 Å². The van der Waals surface area contributed by atoms with Crippen molar-refractivity contribution in [1.82, 2.24) is 19.9 Å². The molecule has 0 bridgehead atoms. The molecule has 0 aliphatic carbocycles. The first kappa shape index (κ1) is 13.8. The smallest absolute Gasteiger partial charge is 0.333 e. The van der Waals surface area contributed by atoms with Gasteiger partial charge in [0.05, 0.1) is 17.2 Å². The summed E-state index contributed by atoms with van der Waals surface area (Å²) >= 11 is 2.19. The molecular formula is C10H10N6O3S2. The van der Waals surface area contributed by atoms with Crippen molar-refractivity contribution < 1.29 is 9.72 Å². The SMILES string of the molecule is CN1Cc2[nH]c(Sc3ncc([N+](=O)[O-])s3)nc2N(C)C1=O. The lowest BCUT2D eigenvalue weighted by molar-refractivity contribution is -0.380. The van der Waals surface area contributed by atoms with Gasteiger partial charge in [-0.1, -0.05) is 0 Å². The van der Waals surface area contributed by atoms with Crippen molar-refractivity contribution in [3.8, 4) is 0 Å². The van der Waals surface area contributed by atoms with E-state index in [-0.39, 0.29) is 11.0 Å². The number of aromatic amines is 1. The van der Waals surface area contributed by atoms with Gasteiger partial charge in [0.15, 0.2) is 15.3 Å².